The number of nitrogens with zero attached hydrogens (tertiary/aromatic N) is 1. The SMILES string of the molecule is CN1CCC2(CCc3cc(-c4ccc(CS(=O)(=O)Cc5ccccc5)cc4)ccc3O2)CC1[Si](C)(C)C. The molecule has 2 unspecified atom stereocenters. The predicted molar refractivity (Wildman–Crippen MR) is 155 cm³/mol. The van der Waals surface area contributed by atoms with Crippen LogP contribution in [0.5, 0.6) is 5.75 Å². The van der Waals surface area contributed by atoms with Crippen molar-refractivity contribution in [3.63, 3.8) is 0 Å². The van der Waals surface area contributed by atoms with E-state index >= 15 is 0 Å². The molecule has 196 valence electrons. The normalized spacial score (nSPS) is 22.4. The molecule has 3 aromatic rings. The number of hydrogen-bond donors (Lipinski definition) is 0. The Morgan fingerprint density at radius 2 is 1.54 bits per heavy atom. The number of fused-ring (bicyclic) bond motifs is 1. The summed E-state index contributed by atoms with van der Waals surface area (Å²) in [5.74, 6) is 1.16. The van der Waals surface area contributed by atoms with Gasteiger partial charge in [-0.2, -0.15) is 0 Å². The molecule has 0 amide bonds. The van der Waals surface area contributed by atoms with Gasteiger partial charge in [-0.1, -0.05) is 80.3 Å². The van der Waals surface area contributed by atoms with E-state index in [4.69, 9.17) is 4.74 Å². The summed E-state index contributed by atoms with van der Waals surface area (Å²) >= 11 is 0. The second-order valence-electron chi connectivity index (χ2n) is 12.1. The summed E-state index contributed by atoms with van der Waals surface area (Å²) in [5.41, 5.74) is 5.80. The largest absolute Gasteiger partial charge is 0.487 e. The van der Waals surface area contributed by atoms with Crippen LogP contribution in [0.4, 0.5) is 0 Å². The molecule has 2 heterocycles. The van der Waals surface area contributed by atoms with Gasteiger partial charge in [0, 0.05) is 18.6 Å². The summed E-state index contributed by atoms with van der Waals surface area (Å²) in [4.78, 5) is 2.57. The highest BCUT2D eigenvalue weighted by atomic mass is 32.2. The van der Waals surface area contributed by atoms with E-state index in [1.165, 1.54) is 5.56 Å². The van der Waals surface area contributed by atoms with E-state index in [1.807, 2.05) is 54.6 Å². The molecule has 0 radical (unpaired) electrons. The molecule has 3 aromatic carbocycles. The maximum absolute atomic E-state index is 12.7. The molecule has 6 heteroatoms. The van der Waals surface area contributed by atoms with Crippen molar-refractivity contribution in [2.75, 3.05) is 13.6 Å². The fourth-order valence-corrected chi connectivity index (χ4v) is 10.00. The topological polar surface area (TPSA) is 46.6 Å². The van der Waals surface area contributed by atoms with Gasteiger partial charge in [0.2, 0.25) is 0 Å². The molecule has 2 aliphatic rings. The van der Waals surface area contributed by atoms with Crippen LogP contribution in [0.25, 0.3) is 11.1 Å². The molecule has 0 aromatic heterocycles. The van der Waals surface area contributed by atoms with E-state index in [-0.39, 0.29) is 17.1 Å². The summed E-state index contributed by atoms with van der Waals surface area (Å²) in [7, 11) is -2.25. The fraction of sp³-hybridized carbons (Fsp3) is 0.419. The molecule has 37 heavy (non-hydrogen) atoms. The van der Waals surface area contributed by atoms with E-state index in [0.717, 1.165) is 60.2 Å². The maximum Gasteiger partial charge on any atom is 0.158 e. The molecular formula is C31H39NO3SSi. The lowest BCUT2D eigenvalue weighted by atomic mass is 9.82. The Balaban J connectivity index is 1.28. The Bertz CT molecular complexity index is 1350. The monoisotopic (exact) mass is 533 g/mol. The summed E-state index contributed by atoms with van der Waals surface area (Å²) in [6.07, 6.45) is 4.35. The first-order chi connectivity index (χ1) is 17.5. The summed E-state index contributed by atoms with van der Waals surface area (Å²) in [5, 5.41) is 0. The van der Waals surface area contributed by atoms with Crippen molar-refractivity contribution in [3.8, 4) is 16.9 Å². The van der Waals surface area contributed by atoms with E-state index < -0.39 is 17.9 Å². The van der Waals surface area contributed by atoms with Crippen LogP contribution in [0.2, 0.25) is 19.6 Å². The second-order valence-corrected chi connectivity index (χ2v) is 19.6. The molecule has 5 rings (SSSR count). The standard InChI is InChI=1S/C31H39NO3SSi/c1-32-19-18-31(21-30(32)37(2,3)4)17-16-28-20-27(14-15-29(28)35-31)26-12-10-25(11-13-26)23-36(33,34)22-24-8-6-5-7-9-24/h5-15,20,30H,16-19,21-23H2,1-4H3. The third-order valence-electron chi connectivity index (χ3n) is 8.16. The van der Waals surface area contributed by atoms with Gasteiger partial charge in [0.25, 0.3) is 0 Å². The summed E-state index contributed by atoms with van der Waals surface area (Å²) < 4.78 is 32.2. The van der Waals surface area contributed by atoms with Crippen LogP contribution in [0.1, 0.15) is 36.0 Å². The van der Waals surface area contributed by atoms with Gasteiger partial charge in [-0.05, 0) is 66.3 Å². The molecule has 0 saturated carbocycles. The van der Waals surface area contributed by atoms with Crippen LogP contribution in [-0.4, -0.2) is 46.3 Å². The lowest BCUT2D eigenvalue weighted by Crippen LogP contribution is -2.60. The molecule has 1 spiro atoms. The number of piperidine rings is 1. The van der Waals surface area contributed by atoms with Crippen molar-refractivity contribution in [2.45, 2.75) is 68.1 Å². The van der Waals surface area contributed by atoms with Crippen molar-refractivity contribution in [2.24, 2.45) is 0 Å². The second kappa shape index (κ2) is 10.0. The van der Waals surface area contributed by atoms with E-state index in [9.17, 15) is 8.42 Å². The number of benzene rings is 3. The van der Waals surface area contributed by atoms with Crippen molar-refractivity contribution in [1.29, 1.82) is 0 Å². The van der Waals surface area contributed by atoms with Gasteiger partial charge in [0.05, 0.1) is 19.6 Å². The van der Waals surface area contributed by atoms with Gasteiger partial charge in [-0.3, -0.25) is 0 Å². The van der Waals surface area contributed by atoms with Gasteiger partial charge < -0.3 is 9.64 Å². The van der Waals surface area contributed by atoms with Crippen molar-refractivity contribution < 1.29 is 13.2 Å². The third kappa shape index (κ3) is 6.02. The molecule has 1 saturated heterocycles. The van der Waals surface area contributed by atoms with Crippen LogP contribution < -0.4 is 4.74 Å². The Morgan fingerprint density at radius 1 is 0.892 bits per heavy atom. The zero-order valence-corrected chi connectivity index (χ0v) is 24.4. The maximum atomic E-state index is 12.7. The smallest absolute Gasteiger partial charge is 0.158 e. The Labute approximate surface area is 223 Å². The Morgan fingerprint density at radius 3 is 2.22 bits per heavy atom. The number of aryl methyl sites for hydroxylation is 1. The lowest BCUT2D eigenvalue weighted by molar-refractivity contribution is -0.0191. The first kappa shape index (κ1) is 26.2. The molecule has 0 bridgehead atoms. The molecule has 0 aliphatic carbocycles. The van der Waals surface area contributed by atoms with Crippen LogP contribution in [0, 0.1) is 0 Å². The van der Waals surface area contributed by atoms with Crippen molar-refractivity contribution in [3.05, 3.63) is 89.5 Å². The number of rotatable bonds is 6. The molecule has 0 N–H and O–H groups in total. The number of ether oxygens (including phenoxy) is 1. The summed E-state index contributed by atoms with van der Waals surface area (Å²) in [6, 6.07) is 23.9. The number of sulfone groups is 1. The van der Waals surface area contributed by atoms with E-state index in [1.54, 1.807) is 0 Å². The number of likely N-dealkylation sites (tertiary alicyclic amines) is 1. The van der Waals surface area contributed by atoms with Crippen molar-refractivity contribution >= 4 is 17.9 Å². The first-order valence-electron chi connectivity index (χ1n) is 13.4. The molecule has 2 aliphatic heterocycles. The highest BCUT2D eigenvalue weighted by molar-refractivity contribution is 7.89. The van der Waals surface area contributed by atoms with Gasteiger partial charge >= 0.3 is 0 Å². The lowest BCUT2D eigenvalue weighted by Gasteiger charge is -2.51. The van der Waals surface area contributed by atoms with Gasteiger partial charge in [0.15, 0.2) is 9.84 Å². The van der Waals surface area contributed by atoms with Crippen LogP contribution in [0.15, 0.2) is 72.8 Å². The molecule has 2 atom stereocenters. The Hall–Kier alpha value is -2.41. The average Bonchev–Trinajstić information content (AvgIpc) is 2.85. The van der Waals surface area contributed by atoms with Crippen LogP contribution in [-0.2, 0) is 27.8 Å². The Kier molecular flexibility index (Phi) is 7.11. The minimum Gasteiger partial charge on any atom is -0.487 e. The quantitative estimate of drug-likeness (QED) is 0.339. The van der Waals surface area contributed by atoms with Gasteiger partial charge in [-0.15, -0.1) is 0 Å². The predicted octanol–water partition coefficient (Wildman–Crippen LogP) is 6.50. The highest BCUT2D eigenvalue weighted by Gasteiger charge is 2.46. The van der Waals surface area contributed by atoms with Crippen LogP contribution in [0.3, 0.4) is 0 Å². The minimum absolute atomic E-state index is 0.0289. The molecule has 4 nitrogen and oxygen atoms in total. The molecular weight excluding hydrogens is 494 g/mol. The minimum atomic E-state index is -3.22. The molecule has 1 fully saturated rings. The van der Waals surface area contributed by atoms with Gasteiger partial charge in [0.1, 0.15) is 11.4 Å². The van der Waals surface area contributed by atoms with Crippen LogP contribution >= 0.6 is 0 Å². The zero-order valence-electron chi connectivity index (χ0n) is 22.5. The average molecular weight is 534 g/mol. The fourth-order valence-electron chi connectivity index (χ4n) is 6.06. The number of hydrogen-bond acceptors (Lipinski definition) is 4. The zero-order chi connectivity index (χ0) is 26.3. The van der Waals surface area contributed by atoms with Gasteiger partial charge in [-0.25, -0.2) is 8.42 Å². The van der Waals surface area contributed by atoms with E-state index in [0.29, 0.717) is 5.67 Å². The first-order valence-corrected chi connectivity index (χ1v) is 18.8. The van der Waals surface area contributed by atoms with Crippen molar-refractivity contribution in [1.82, 2.24) is 4.90 Å². The van der Waals surface area contributed by atoms with E-state index in [2.05, 4.69) is 49.8 Å². The third-order valence-corrected chi connectivity index (χ3v) is 12.3. The highest BCUT2D eigenvalue weighted by Crippen LogP contribution is 2.43. The summed E-state index contributed by atoms with van der Waals surface area (Å²) in [6.45, 7) is 8.52.